The maximum absolute atomic E-state index is 12.4. The Labute approximate surface area is 182 Å². The molecule has 3 rings (SSSR count). The Morgan fingerprint density at radius 3 is 2.33 bits per heavy atom. The number of nitriles is 1. The van der Waals surface area contributed by atoms with E-state index in [1.165, 1.54) is 6.08 Å². The molecule has 0 aliphatic carbocycles. The van der Waals surface area contributed by atoms with Crippen LogP contribution in [0, 0.1) is 18.3 Å². The van der Waals surface area contributed by atoms with E-state index in [1.54, 1.807) is 48.5 Å². The lowest BCUT2D eigenvalue weighted by atomic mass is 10.1. The molecule has 0 fully saturated rings. The van der Waals surface area contributed by atoms with Gasteiger partial charge < -0.3 is 10.1 Å². The minimum absolute atomic E-state index is 0.0313. The summed E-state index contributed by atoms with van der Waals surface area (Å²) in [5.74, 6) is -0.618. The Balaban J connectivity index is 1.71. The van der Waals surface area contributed by atoms with Crippen molar-refractivity contribution in [2.24, 2.45) is 0 Å². The van der Waals surface area contributed by atoms with E-state index in [2.05, 4.69) is 21.2 Å². The van der Waals surface area contributed by atoms with Crippen molar-refractivity contribution in [3.63, 3.8) is 0 Å². The number of ether oxygens (including phenoxy) is 1. The molecule has 0 bridgehead atoms. The quantitative estimate of drug-likeness (QED) is 0.235. The number of hydrogen-bond acceptors (Lipinski definition) is 4. The fourth-order valence-electron chi connectivity index (χ4n) is 2.64. The van der Waals surface area contributed by atoms with Gasteiger partial charge in [0.05, 0.1) is 5.56 Å². The van der Waals surface area contributed by atoms with Crippen LogP contribution in [0.25, 0.3) is 6.08 Å². The number of nitrogens with one attached hydrogen (secondary N) is 1. The van der Waals surface area contributed by atoms with Crippen LogP contribution in [0.4, 0.5) is 5.69 Å². The van der Waals surface area contributed by atoms with E-state index in [9.17, 15) is 14.9 Å². The second-order valence-corrected chi connectivity index (χ2v) is 7.23. The van der Waals surface area contributed by atoms with Crippen molar-refractivity contribution >= 4 is 39.6 Å². The minimum Gasteiger partial charge on any atom is -0.423 e. The second kappa shape index (κ2) is 9.68. The van der Waals surface area contributed by atoms with E-state index in [1.807, 2.05) is 37.3 Å². The van der Waals surface area contributed by atoms with E-state index in [0.717, 1.165) is 5.56 Å². The van der Waals surface area contributed by atoms with E-state index in [0.29, 0.717) is 27.0 Å². The standard InChI is InChI=1S/C24H17BrN2O3/c1-16-6-2-5-9-22(16)27-23(28)18(15-26)14-17-10-12-19(13-11-17)30-24(29)20-7-3-4-8-21(20)25/h2-14H,1H3,(H,27,28)/b18-14+. The molecular formula is C24H17BrN2O3. The summed E-state index contributed by atoms with van der Waals surface area (Å²) in [6.45, 7) is 1.87. The number of rotatable bonds is 5. The van der Waals surface area contributed by atoms with Gasteiger partial charge >= 0.3 is 5.97 Å². The molecule has 0 atom stereocenters. The zero-order valence-corrected chi connectivity index (χ0v) is 17.6. The number of anilines is 1. The van der Waals surface area contributed by atoms with Crippen LogP contribution in [-0.4, -0.2) is 11.9 Å². The van der Waals surface area contributed by atoms with Gasteiger partial charge in [0.1, 0.15) is 17.4 Å². The fraction of sp³-hybridized carbons (Fsp3) is 0.0417. The highest BCUT2D eigenvalue weighted by Crippen LogP contribution is 2.21. The summed E-state index contributed by atoms with van der Waals surface area (Å²) in [7, 11) is 0. The summed E-state index contributed by atoms with van der Waals surface area (Å²) in [5.41, 5.74) is 2.57. The molecule has 0 unspecified atom stereocenters. The van der Waals surface area contributed by atoms with Gasteiger partial charge in [-0.15, -0.1) is 0 Å². The first-order chi connectivity index (χ1) is 14.5. The van der Waals surface area contributed by atoms with Gasteiger partial charge in [-0.25, -0.2) is 4.79 Å². The minimum atomic E-state index is -0.490. The van der Waals surface area contributed by atoms with Gasteiger partial charge in [0.2, 0.25) is 0 Å². The van der Waals surface area contributed by atoms with Gasteiger partial charge in [-0.2, -0.15) is 5.26 Å². The first-order valence-corrected chi connectivity index (χ1v) is 9.83. The number of carbonyl (C=O) groups excluding carboxylic acids is 2. The Morgan fingerprint density at radius 1 is 1.00 bits per heavy atom. The van der Waals surface area contributed by atoms with Crippen molar-refractivity contribution in [2.45, 2.75) is 6.92 Å². The van der Waals surface area contributed by atoms with Crippen molar-refractivity contribution in [3.8, 4) is 11.8 Å². The highest BCUT2D eigenvalue weighted by atomic mass is 79.9. The number of hydrogen-bond donors (Lipinski definition) is 1. The van der Waals surface area contributed by atoms with Crippen LogP contribution >= 0.6 is 15.9 Å². The SMILES string of the molecule is Cc1ccccc1NC(=O)/C(C#N)=C/c1ccc(OC(=O)c2ccccc2Br)cc1. The molecule has 0 aliphatic rings. The summed E-state index contributed by atoms with van der Waals surface area (Å²) < 4.78 is 6.02. The van der Waals surface area contributed by atoms with Gasteiger partial charge in [0, 0.05) is 10.2 Å². The third-order valence-electron chi connectivity index (χ3n) is 4.25. The molecule has 0 saturated carbocycles. The lowest BCUT2D eigenvalue weighted by molar-refractivity contribution is -0.112. The summed E-state index contributed by atoms with van der Waals surface area (Å²) in [4.78, 5) is 24.7. The number of amides is 1. The normalized spacial score (nSPS) is 10.8. The predicted octanol–water partition coefficient (Wildman–Crippen LogP) is 5.52. The van der Waals surface area contributed by atoms with Crippen molar-refractivity contribution in [1.29, 1.82) is 5.26 Å². The summed E-state index contributed by atoms with van der Waals surface area (Å²) in [6.07, 6.45) is 1.48. The van der Waals surface area contributed by atoms with Crippen LogP contribution in [0.5, 0.6) is 5.75 Å². The first-order valence-electron chi connectivity index (χ1n) is 9.03. The molecule has 0 heterocycles. The lowest BCUT2D eigenvalue weighted by Gasteiger charge is -2.08. The van der Waals surface area contributed by atoms with Crippen LogP contribution in [-0.2, 0) is 4.79 Å². The van der Waals surface area contributed by atoms with Crippen LogP contribution in [0.15, 0.2) is 82.8 Å². The average molecular weight is 461 g/mol. The highest BCUT2D eigenvalue weighted by molar-refractivity contribution is 9.10. The largest absolute Gasteiger partial charge is 0.423 e. The first kappa shape index (κ1) is 21.0. The maximum atomic E-state index is 12.4. The molecule has 3 aromatic carbocycles. The van der Waals surface area contributed by atoms with E-state index < -0.39 is 11.9 Å². The summed E-state index contributed by atoms with van der Waals surface area (Å²) >= 11 is 3.32. The van der Waals surface area contributed by atoms with Gasteiger partial charge in [0.25, 0.3) is 5.91 Å². The third kappa shape index (κ3) is 5.22. The van der Waals surface area contributed by atoms with Crippen molar-refractivity contribution in [2.75, 3.05) is 5.32 Å². The number of para-hydroxylation sites is 1. The van der Waals surface area contributed by atoms with E-state index in [4.69, 9.17) is 4.74 Å². The predicted molar refractivity (Wildman–Crippen MR) is 119 cm³/mol. The van der Waals surface area contributed by atoms with Gasteiger partial charge in [0.15, 0.2) is 0 Å². The van der Waals surface area contributed by atoms with Crippen LogP contribution in [0.3, 0.4) is 0 Å². The zero-order chi connectivity index (χ0) is 21.5. The zero-order valence-electron chi connectivity index (χ0n) is 16.1. The molecule has 3 aromatic rings. The Bertz CT molecular complexity index is 1160. The summed E-state index contributed by atoms with van der Waals surface area (Å²) in [6, 6.07) is 22.8. The average Bonchev–Trinajstić information content (AvgIpc) is 2.75. The van der Waals surface area contributed by atoms with Crippen LogP contribution < -0.4 is 10.1 Å². The van der Waals surface area contributed by atoms with Gasteiger partial charge in [-0.3, -0.25) is 4.79 Å². The molecule has 1 amide bonds. The third-order valence-corrected chi connectivity index (χ3v) is 4.95. The van der Waals surface area contributed by atoms with Crippen LogP contribution in [0.2, 0.25) is 0 Å². The second-order valence-electron chi connectivity index (χ2n) is 6.38. The number of nitrogens with zero attached hydrogens (tertiary/aromatic N) is 1. The molecule has 0 aliphatic heterocycles. The van der Waals surface area contributed by atoms with Gasteiger partial charge in [-0.05, 0) is 70.4 Å². The molecule has 148 valence electrons. The van der Waals surface area contributed by atoms with E-state index >= 15 is 0 Å². The maximum Gasteiger partial charge on any atom is 0.344 e. The Morgan fingerprint density at radius 2 is 1.67 bits per heavy atom. The number of carbonyl (C=O) groups is 2. The Kier molecular flexibility index (Phi) is 6.79. The molecular weight excluding hydrogens is 444 g/mol. The topological polar surface area (TPSA) is 79.2 Å². The fourth-order valence-corrected chi connectivity index (χ4v) is 3.09. The number of aryl methyl sites for hydroxylation is 1. The van der Waals surface area contributed by atoms with Crippen molar-refractivity contribution in [3.05, 3.63) is 99.5 Å². The molecule has 0 aromatic heterocycles. The highest BCUT2D eigenvalue weighted by Gasteiger charge is 2.13. The molecule has 30 heavy (non-hydrogen) atoms. The summed E-state index contributed by atoms with van der Waals surface area (Å²) in [5, 5.41) is 12.1. The number of esters is 1. The van der Waals surface area contributed by atoms with Crippen molar-refractivity contribution in [1.82, 2.24) is 0 Å². The molecule has 0 saturated heterocycles. The van der Waals surface area contributed by atoms with Crippen molar-refractivity contribution < 1.29 is 14.3 Å². The number of halogens is 1. The number of benzene rings is 3. The molecule has 0 spiro atoms. The molecule has 1 N–H and O–H groups in total. The van der Waals surface area contributed by atoms with E-state index in [-0.39, 0.29) is 5.57 Å². The monoisotopic (exact) mass is 460 g/mol. The molecule has 6 heteroatoms. The van der Waals surface area contributed by atoms with Crippen LogP contribution in [0.1, 0.15) is 21.5 Å². The molecule has 5 nitrogen and oxygen atoms in total. The Hall–Kier alpha value is -3.69. The van der Waals surface area contributed by atoms with Gasteiger partial charge in [-0.1, -0.05) is 42.5 Å². The smallest absolute Gasteiger partial charge is 0.344 e. The lowest BCUT2D eigenvalue weighted by Crippen LogP contribution is -2.14. The molecule has 0 radical (unpaired) electrons.